The van der Waals surface area contributed by atoms with Crippen molar-refractivity contribution >= 4 is 18.0 Å². The van der Waals surface area contributed by atoms with E-state index in [2.05, 4.69) is 16.4 Å². The van der Waals surface area contributed by atoms with Gasteiger partial charge in [-0.25, -0.2) is 0 Å². The Bertz CT molecular complexity index is 174. The zero-order chi connectivity index (χ0) is 6.10. The summed E-state index contributed by atoms with van der Waals surface area (Å²) in [5.74, 6) is 1.06. The number of dihydropyridines is 1. The molecule has 2 rings (SSSR count). The molecule has 2 aliphatic heterocycles. The number of hydrogen-bond donors (Lipinski definition) is 1. The van der Waals surface area contributed by atoms with Gasteiger partial charge in [0.2, 0.25) is 0 Å². The fraction of sp³-hybridized carbons (Fsp3) is 0.500. The van der Waals surface area contributed by atoms with Crippen LogP contribution >= 0.6 is 11.8 Å². The Kier molecular flexibility index (Phi) is 1.32. The van der Waals surface area contributed by atoms with Gasteiger partial charge in [0.05, 0.1) is 12.6 Å². The van der Waals surface area contributed by atoms with E-state index < -0.39 is 0 Å². The van der Waals surface area contributed by atoms with Gasteiger partial charge in [0.15, 0.2) is 0 Å². The van der Waals surface area contributed by atoms with Gasteiger partial charge in [-0.3, -0.25) is 10.3 Å². The summed E-state index contributed by atoms with van der Waals surface area (Å²) in [5, 5.41) is 3.34. The Labute approximate surface area is 58.4 Å². The molecule has 1 saturated heterocycles. The molecule has 0 spiro atoms. The lowest BCUT2D eigenvalue weighted by atomic mass is 10.2. The van der Waals surface area contributed by atoms with Crippen molar-refractivity contribution in [2.24, 2.45) is 4.99 Å². The maximum absolute atomic E-state index is 4.14. The molecule has 0 aromatic heterocycles. The van der Waals surface area contributed by atoms with Crippen LogP contribution in [0.1, 0.15) is 0 Å². The van der Waals surface area contributed by atoms with Gasteiger partial charge in [0, 0.05) is 17.0 Å². The number of thioether (sulfide) groups is 1. The van der Waals surface area contributed by atoms with Crippen molar-refractivity contribution in [3.8, 4) is 0 Å². The number of hydrogen-bond acceptors (Lipinski definition) is 3. The molecule has 1 N–H and O–H groups in total. The van der Waals surface area contributed by atoms with Crippen LogP contribution in [0.15, 0.2) is 16.0 Å². The third kappa shape index (κ3) is 0.904. The molecule has 0 bridgehead atoms. The van der Waals surface area contributed by atoms with E-state index in [0.29, 0.717) is 6.04 Å². The minimum Gasteiger partial charge on any atom is -0.299 e. The Morgan fingerprint density at radius 2 is 2.78 bits per heavy atom. The zero-order valence-corrected chi connectivity index (χ0v) is 5.82. The smallest absolute Gasteiger partial charge is 0.0590 e. The highest BCUT2D eigenvalue weighted by Gasteiger charge is 2.20. The predicted octanol–water partition coefficient (Wildman–Crippen LogP) is 0.617. The molecule has 0 aromatic rings. The van der Waals surface area contributed by atoms with Crippen molar-refractivity contribution in [2.75, 3.05) is 12.4 Å². The highest BCUT2D eigenvalue weighted by Crippen LogP contribution is 2.26. The Morgan fingerprint density at radius 3 is 3.67 bits per heavy atom. The van der Waals surface area contributed by atoms with Crippen molar-refractivity contribution in [3.05, 3.63) is 11.0 Å². The van der Waals surface area contributed by atoms with Crippen LogP contribution in [0.25, 0.3) is 0 Å². The van der Waals surface area contributed by atoms with Gasteiger partial charge < -0.3 is 0 Å². The van der Waals surface area contributed by atoms with Crippen LogP contribution in [0.3, 0.4) is 0 Å². The van der Waals surface area contributed by atoms with Crippen molar-refractivity contribution in [2.45, 2.75) is 6.04 Å². The van der Waals surface area contributed by atoms with Gasteiger partial charge in [0.25, 0.3) is 0 Å². The van der Waals surface area contributed by atoms with Crippen LogP contribution in [0.4, 0.5) is 0 Å². The van der Waals surface area contributed by atoms with Gasteiger partial charge in [-0.05, 0) is 6.08 Å². The monoisotopic (exact) mass is 140 g/mol. The molecule has 3 heteroatoms. The first kappa shape index (κ1) is 5.50. The normalized spacial score (nSPS) is 32.0. The predicted molar refractivity (Wildman–Crippen MR) is 40.8 cm³/mol. The minimum atomic E-state index is 0.542. The zero-order valence-electron chi connectivity index (χ0n) is 5.00. The number of fused-ring (bicyclic) bond motifs is 1. The van der Waals surface area contributed by atoms with Crippen LogP contribution in [0.5, 0.6) is 0 Å². The Morgan fingerprint density at radius 1 is 1.78 bits per heavy atom. The fourth-order valence-electron chi connectivity index (χ4n) is 1.04. The van der Waals surface area contributed by atoms with Crippen LogP contribution in [-0.4, -0.2) is 24.7 Å². The molecule has 2 nitrogen and oxygen atoms in total. The Hall–Kier alpha value is -0.280. The summed E-state index contributed by atoms with van der Waals surface area (Å²) in [4.78, 5) is 5.59. The molecule has 0 amide bonds. The first-order valence-electron chi connectivity index (χ1n) is 3.03. The van der Waals surface area contributed by atoms with E-state index in [4.69, 9.17) is 0 Å². The molecule has 48 valence electrons. The average molecular weight is 140 g/mol. The molecule has 0 saturated carbocycles. The summed E-state index contributed by atoms with van der Waals surface area (Å²) in [6.07, 6.45) is 3.99. The number of nitrogens with one attached hydrogen (secondary N) is 1. The molecule has 2 aliphatic rings. The molecular formula is C6H8N2S. The summed E-state index contributed by atoms with van der Waals surface area (Å²) < 4.78 is 0. The molecular weight excluding hydrogens is 132 g/mol. The van der Waals surface area contributed by atoms with Gasteiger partial charge in [-0.15, -0.1) is 11.8 Å². The summed E-state index contributed by atoms with van der Waals surface area (Å²) in [6, 6.07) is 0.542. The topological polar surface area (TPSA) is 24.4 Å². The molecule has 1 fully saturated rings. The fourth-order valence-corrected chi connectivity index (χ4v) is 2.01. The van der Waals surface area contributed by atoms with Crippen LogP contribution < -0.4 is 5.32 Å². The van der Waals surface area contributed by atoms with E-state index in [0.717, 1.165) is 12.4 Å². The molecule has 0 aromatic carbocycles. The average Bonchev–Trinajstić information content (AvgIpc) is 2.33. The highest BCUT2D eigenvalue weighted by molar-refractivity contribution is 8.03. The third-order valence-corrected chi connectivity index (χ3v) is 2.61. The SMILES string of the molecule is C1=NCC2NCSC2=C1. The van der Waals surface area contributed by atoms with Gasteiger partial charge >= 0.3 is 0 Å². The van der Waals surface area contributed by atoms with E-state index in [1.165, 1.54) is 4.91 Å². The van der Waals surface area contributed by atoms with E-state index in [1.54, 1.807) is 0 Å². The highest BCUT2D eigenvalue weighted by atomic mass is 32.2. The summed E-state index contributed by atoms with van der Waals surface area (Å²) in [6.45, 7) is 0.929. The Balaban J connectivity index is 2.23. The standard InChI is InChI=1S/C6H8N2S/c1-2-7-3-5-6(1)9-4-8-5/h1-2,5,8H,3-4H2. The lowest BCUT2D eigenvalue weighted by Gasteiger charge is -2.09. The van der Waals surface area contributed by atoms with Crippen LogP contribution in [0.2, 0.25) is 0 Å². The maximum atomic E-state index is 4.14. The first-order chi connectivity index (χ1) is 4.47. The number of nitrogens with zero attached hydrogens (tertiary/aromatic N) is 1. The molecule has 1 atom stereocenters. The second kappa shape index (κ2) is 2.15. The van der Waals surface area contributed by atoms with Gasteiger partial charge in [-0.2, -0.15) is 0 Å². The lowest BCUT2D eigenvalue weighted by Crippen LogP contribution is -2.27. The minimum absolute atomic E-state index is 0.542. The largest absolute Gasteiger partial charge is 0.299 e. The molecule has 9 heavy (non-hydrogen) atoms. The number of aliphatic imine (C=N–C) groups is 1. The molecule has 2 heterocycles. The van der Waals surface area contributed by atoms with E-state index in [9.17, 15) is 0 Å². The molecule has 1 unspecified atom stereocenters. The van der Waals surface area contributed by atoms with Gasteiger partial charge in [-0.1, -0.05) is 0 Å². The van der Waals surface area contributed by atoms with Crippen LogP contribution in [-0.2, 0) is 0 Å². The number of rotatable bonds is 0. The van der Waals surface area contributed by atoms with Crippen LogP contribution in [0, 0.1) is 0 Å². The third-order valence-electron chi connectivity index (χ3n) is 1.54. The van der Waals surface area contributed by atoms with E-state index in [1.807, 2.05) is 18.0 Å². The molecule has 0 radical (unpaired) electrons. The van der Waals surface area contributed by atoms with E-state index in [-0.39, 0.29) is 0 Å². The lowest BCUT2D eigenvalue weighted by molar-refractivity contribution is 0.674. The summed E-state index contributed by atoms with van der Waals surface area (Å²) in [5.41, 5.74) is 0. The number of allylic oxidation sites excluding steroid dienone is 1. The summed E-state index contributed by atoms with van der Waals surface area (Å²) in [7, 11) is 0. The first-order valence-corrected chi connectivity index (χ1v) is 4.01. The van der Waals surface area contributed by atoms with Gasteiger partial charge in [0.1, 0.15) is 0 Å². The second-order valence-corrected chi connectivity index (χ2v) is 3.18. The second-order valence-electron chi connectivity index (χ2n) is 2.13. The van der Waals surface area contributed by atoms with Crippen molar-refractivity contribution in [1.29, 1.82) is 0 Å². The van der Waals surface area contributed by atoms with Crippen molar-refractivity contribution in [1.82, 2.24) is 5.32 Å². The maximum Gasteiger partial charge on any atom is 0.0590 e. The quantitative estimate of drug-likeness (QED) is 0.533. The molecule has 0 aliphatic carbocycles. The van der Waals surface area contributed by atoms with E-state index >= 15 is 0 Å². The summed E-state index contributed by atoms with van der Waals surface area (Å²) >= 11 is 1.89. The van der Waals surface area contributed by atoms with Crippen molar-refractivity contribution in [3.63, 3.8) is 0 Å². The van der Waals surface area contributed by atoms with Crippen molar-refractivity contribution < 1.29 is 0 Å².